The van der Waals surface area contributed by atoms with E-state index in [0.717, 1.165) is 138 Å². The summed E-state index contributed by atoms with van der Waals surface area (Å²) in [6.45, 7) is 14.6. The van der Waals surface area contributed by atoms with Crippen molar-refractivity contribution >= 4 is 110 Å². The molecule has 100 heavy (non-hydrogen) atoms. The smallest absolute Gasteiger partial charge is 0.326 e. The number of anilines is 8. The van der Waals surface area contributed by atoms with Crippen molar-refractivity contribution in [3.8, 4) is 0 Å². The van der Waals surface area contributed by atoms with Crippen molar-refractivity contribution in [2.45, 2.75) is 108 Å². The highest BCUT2D eigenvalue weighted by Gasteiger charge is 2.36. The van der Waals surface area contributed by atoms with Crippen molar-refractivity contribution in [1.29, 1.82) is 0 Å². The molecule has 9 aliphatic rings. The van der Waals surface area contributed by atoms with E-state index in [1.165, 1.54) is 50.1 Å². The number of para-hydroxylation sites is 10. The van der Waals surface area contributed by atoms with E-state index in [0.29, 0.717) is 83.3 Å². The van der Waals surface area contributed by atoms with Crippen LogP contribution in [0.1, 0.15) is 84.1 Å². The molecule has 4 amide bonds. The van der Waals surface area contributed by atoms with Gasteiger partial charge in [-0.25, -0.2) is 43.0 Å². The Balaban J connectivity index is 0.000000126. The Morgan fingerprint density at radius 3 is 1.03 bits per heavy atom. The molecule has 0 unspecified atom stereocenters. The van der Waals surface area contributed by atoms with Crippen molar-refractivity contribution < 1.29 is 44.4 Å². The normalized spacial score (nSPS) is 20.1. The van der Waals surface area contributed by atoms with Crippen molar-refractivity contribution in [2.24, 2.45) is 0 Å². The summed E-state index contributed by atoms with van der Waals surface area (Å²) in [5.41, 5.74) is 10.4. The summed E-state index contributed by atoms with van der Waals surface area (Å²) < 4.78 is 75.6. The van der Waals surface area contributed by atoms with E-state index in [4.69, 9.17) is 0 Å². The molecule has 0 saturated carbocycles. The third-order valence-corrected chi connectivity index (χ3v) is 24.5. The summed E-state index contributed by atoms with van der Waals surface area (Å²) in [5, 5.41) is 12.7. The van der Waals surface area contributed by atoms with E-state index in [1.54, 1.807) is 22.7 Å². The first-order valence-corrected chi connectivity index (χ1v) is 40.5. The number of hydrogen-bond donors (Lipinski definition) is 5. The molecular weight excluding hydrogens is 1340 g/mol. The summed E-state index contributed by atoms with van der Waals surface area (Å²) >= 11 is 0. The van der Waals surface area contributed by atoms with E-state index in [9.17, 15) is 49.2 Å². The Hall–Kier alpha value is -8.22. The third kappa shape index (κ3) is 17.9. The van der Waals surface area contributed by atoms with E-state index in [2.05, 4.69) is 88.3 Å². The number of fused-ring (bicyclic) bond motifs is 5. The van der Waals surface area contributed by atoms with E-state index in [1.807, 2.05) is 88.7 Å². The van der Waals surface area contributed by atoms with Gasteiger partial charge in [-0.05, 0) is 125 Å². The number of imidazole rings is 1. The largest absolute Gasteiger partial charge is 0.382 e. The first-order valence-electron chi connectivity index (χ1n) is 34.9. The summed E-state index contributed by atoms with van der Waals surface area (Å²) in [6, 6.07) is 41.7. The van der Waals surface area contributed by atoms with Gasteiger partial charge in [0.05, 0.1) is 88.4 Å². The van der Waals surface area contributed by atoms with Gasteiger partial charge < -0.3 is 55.7 Å². The van der Waals surface area contributed by atoms with Crippen LogP contribution in [-0.4, -0.2) is 229 Å². The molecule has 1 aromatic heterocycles. The van der Waals surface area contributed by atoms with Gasteiger partial charge in [0.25, 0.3) is 0 Å². The number of H-pyrrole nitrogens is 1. The maximum Gasteiger partial charge on any atom is 0.326 e. The highest BCUT2D eigenvalue weighted by Crippen LogP contribution is 2.38. The van der Waals surface area contributed by atoms with Gasteiger partial charge in [-0.3, -0.25) is 23.7 Å². The molecule has 5 fully saturated rings. The number of aromatic nitrogens is 2. The minimum atomic E-state index is -3.13. The highest BCUT2D eigenvalue weighted by molar-refractivity contribution is 7.88. The minimum absolute atomic E-state index is 0.0146. The number of nitrogens with one attached hydrogen (secondary N) is 5. The quantitative estimate of drug-likeness (QED) is 0.108. The maximum atomic E-state index is 12.1. The number of carbonyl (C=O) groups is 4. The zero-order valence-corrected chi connectivity index (χ0v) is 60.5. The van der Waals surface area contributed by atoms with Crippen LogP contribution in [0.4, 0.5) is 45.5 Å². The van der Waals surface area contributed by atoms with Gasteiger partial charge in [-0.15, -0.1) is 0 Å². The van der Waals surface area contributed by atoms with Crippen molar-refractivity contribution in [3.05, 3.63) is 132 Å². The number of carbonyl (C=O) groups excluding carboxylic acids is 4. The maximum absolute atomic E-state index is 12.1. The molecule has 26 nitrogen and oxygen atoms in total. The predicted molar refractivity (Wildman–Crippen MR) is 396 cm³/mol. The van der Waals surface area contributed by atoms with Crippen LogP contribution in [0.15, 0.2) is 126 Å². The average Bonchev–Trinajstić information content (AvgIpc) is 1.60. The zero-order valence-electron chi connectivity index (χ0n) is 58.0. The van der Waals surface area contributed by atoms with Gasteiger partial charge in [0.1, 0.15) is 0 Å². The number of amides is 4. The fraction of sp³-hybridized carbons (Fsp3) is 0.507. The van der Waals surface area contributed by atoms with Gasteiger partial charge in [-0.1, -0.05) is 60.7 Å². The number of likely N-dealkylation sites (tertiary alicyclic amines) is 2. The molecule has 0 radical (unpaired) electrons. The van der Waals surface area contributed by atoms with Crippen LogP contribution in [0.25, 0.3) is 11.0 Å². The molecule has 5 aromatic carbocycles. The Bertz CT molecular complexity index is 4270. The van der Waals surface area contributed by atoms with E-state index >= 15 is 0 Å². The molecule has 0 spiro atoms. The summed E-state index contributed by atoms with van der Waals surface area (Å²) in [6.07, 6.45) is 12.4. The molecule has 9 aliphatic heterocycles. The van der Waals surface area contributed by atoms with Crippen LogP contribution in [0.5, 0.6) is 0 Å². The average molecular weight is 1430 g/mol. The van der Waals surface area contributed by atoms with Crippen LogP contribution in [0, 0.1) is 0 Å². The highest BCUT2D eigenvalue weighted by atomic mass is 32.2. The molecule has 540 valence electrons. The van der Waals surface area contributed by atoms with E-state index in [-0.39, 0.29) is 41.4 Å². The van der Waals surface area contributed by atoms with Crippen LogP contribution in [-0.2, 0) is 49.2 Å². The molecule has 15 rings (SSSR count). The number of aromatic amines is 1. The fourth-order valence-corrected chi connectivity index (χ4v) is 18.0. The molecule has 29 heteroatoms. The topological polar surface area (TPSA) is 286 Å². The Kier molecular flexibility index (Phi) is 23.5. The van der Waals surface area contributed by atoms with E-state index < -0.39 is 30.1 Å². The Labute approximate surface area is 588 Å². The molecule has 5 saturated heterocycles. The minimum Gasteiger partial charge on any atom is -0.382 e. The second-order valence-corrected chi connectivity index (χ2v) is 33.1. The second kappa shape index (κ2) is 32.2. The monoisotopic (exact) mass is 1430 g/mol. The third-order valence-electron chi connectivity index (χ3n) is 20.6. The van der Waals surface area contributed by atoms with Gasteiger partial charge >= 0.3 is 5.69 Å². The number of nitrogens with zero attached hydrogens (tertiary/aromatic N) is 10. The molecule has 0 atom stereocenters. The number of benzene rings is 5. The van der Waals surface area contributed by atoms with Crippen molar-refractivity contribution in [2.75, 3.05) is 164 Å². The van der Waals surface area contributed by atoms with Crippen molar-refractivity contribution in [1.82, 2.24) is 32.3 Å². The number of rotatable bonds is 8. The van der Waals surface area contributed by atoms with Gasteiger partial charge in [-0.2, -0.15) is 0 Å². The molecule has 5 N–H and O–H groups in total. The first kappa shape index (κ1) is 73.0. The predicted octanol–water partition coefficient (Wildman–Crippen LogP) is 6.52. The number of hydrogen-bond acceptors (Lipinski definition) is 17. The molecule has 10 heterocycles. The van der Waals surface area contributed by atoms with Gasteiger partial charge in [0.15, 0.2) is 0 Å². The van der Waals surface area contributed by atoms with Crippen LogP contribution in [0.3, 0.4) is 0 Å². The lowest BCUT2D eigenvalue weighted by Gasteiger charge is -2.42. The van der Waals surface area contributed by atoms with Crippen LogP contribution in [0.2, 0.25) is 0 Å². The van der Waals surface area contributed by atoms with Gasteiger partial charge in [0, 0.05) is 136 Å². The summed E-state index contributed by atoms with van der Waals surface area (Å²) in [5.74, 6) is 0.372. The molecular formula is C71H97N15O11S3. The molecule has 6 aromatic rings. The Morgan fingerprint density at radius 2 is 0.670 bits per heavy atom. The number of piperidine rings is 5. The fourth-order valence-electron chi connectivity index (χ4n) is 15.4. The Morgan fingerprint density at radius 1 is 0.370 bits per heavy atom. The zero-order chi connectivity index (χ0) is 70.9. The van der Waals surface area contributed by atoms with Gasteiger partial charge in [0.2, 0.25) is 53.7 Å². The van der Waals surface area contributed by atoms with Crippen LogP contribution < -0.4 is 46.6 Å². The summed E-state index contributed by atoms with van der Waals surface area (Å²) in [7, 11) is -9.29. The lowest BCUT2D eigenvalue weighted by Crippen LogP contribution is -2.50. The molecule has 0 bridgehead atoms. The van der Waals surface area contributed by atoms with Crippen molar-refractivity contribution in [3.63, 3.8) is 0 Å². The standard InChI is InChI=1S/C15H19N3O2.C15H21N3O.C14H19N3O3S.C14H21N3O2S.C13H17N3O3S/c1-11(19)17-8-6-12(7-9-17)18-10-15(20)16-13-4-2-3-5-14(13)18;1-12(19)17-9-6-13(7-10-17)18-11-8-16-14-4-2-3-5-15(14)18;1-21(19,20)16-8-6-11(7-9-16)17-10-14(18)15-12-4-2-3-5-13(12)17;1-20(18,19)16-9-6-12(7-10-16)17-11-8-15-13-4-2-3-5-14(13)17;1-20(18,19)15-8-6-10(7-9-15)16-12-5-3-2-4-11(12)14-13(16)17/h2-5,12H,6-10H2,1H3,(H,16,20);2-5,13,16H,6-11H2,1H3;2-5,11H,6-10H2,1H3,(H,15,18);2-5,12,15H,6-11H2,1H3;2-5,10H,6-9H2,1H3,(H,14,17). The number of sulfonamides is 3. The molecule has 0 aliphatic carbocycles. The second-order valence-electron chi connectivity index (χ2n) is 27.1. The SMILES string of the molecule is CC(=O)N1CCC(N2CC(=O)Nc3ccccc32)CC1.CC(=O)N1CCC(N2CCNc3ccccc32)CC1.CS(=O)(=O)N1CCC(N2CC(=O)Nc3ccccc32)CC1.CS(=O)(=O)N1CCC(N2CCNc3ccccc32)CC1.CS(=O)(=O)N1CCC(n2c(=O)[nH]c3ccccc32)CC1. The van der Waals surface area contributed by atoms with Crippen LogP contribution >= 0.6 is 0 Å². The lowest BCUT2D eigenvalue weighted by atomic mass is 10.0. The summed E-state index contributed by atoms with van der Waals surface area (Å²) in [4.78, 5) is 74.5. The first-order chi connectivity index (χ1) is 47.9. The lowest BCUT2D eigenvalue weighted by molar-refractivity contribution is -0.130.